The van der Waals surface area contributed by atoms with E-state index in [4.69, 9.17) is 14.3 Å². The Labute approximate surface area is 136 Å². The summed E-state index contributed by atoms with van der Waals surface area (Å²) in [7, 11) is 2.72. The van der Waals surface area contributed by atoms with E-state index in [-0.39, 0.29) is 0 Å². The SMILES string of the molecule is COC(=O)N(OC)c1ccccc1COc1ccc(C)cc1C. The first kappa shape index (κ1) is 16.8. The molecule has 0 aromatic heterocycles. The smallest absolute Gasteiger partial charge is 0.438 e. The fourth-order valence-electron chi connectivity index (χ4n) is 2.30. The van der Waals surface area contributed by atoms with Crippen LogP contribution in [0.1, 0.15) is 16.7 Å². The standard InChI is InChI=1S/C18H21NO4/c1-13-9-10-17(14(2)11-13)23-12-15-7-5-6-8-16(15)19(22-4)18(20)21-3/h5-11H,12H2,1-4H3. The highest BCUT2D eigenvalue weighted by atomic mass is 16.7. The van der Waals surface area contributed by atoms with Crippen molar-refractivity contribution in [1.82, 2.24) is 0 Å². The van der Waals surface area contributed by atoms with E-state index >= 15 is 0 Å². The van der Waals surface area contributed by atoms with Gasteiger partial charge >= 0.3 is 6.09 Å². The van der Waals surface area contributed by atoms with Crippen molar-refractivity contribution in [2.45, 2.75) is 20.5 Å². The summed E-state index contributed by atoms with van der Waals surface area (Å²) in [6.45, 7) is 4.36. The van der Waals surface area contributed by atoms with Crippen molar-refractivity contribution in [2.75, 3.05) is 19.3 Å². The number of nitrogens with zero attached hydrogens (tertiary/aromatic N) is 1. The Bertz CT molecular complexity index is 684. The van der Waals surface area contributed by atoms with Gasteiger partial charge in [-0.25, -0.2) is 4.79 Å². The minimum atomic E-state index is -0.591. The maximum absolute atomic E-state index is 11.8. The van der Waals surface area contributed by atoms with Gasteiger partial charge in [-0.05, 0) is 31.5 Å². The number of benzene rings is 2. The maximum Gasteiger partial charge on any atom is 0.438 e. The average Bonchev–Trinajstić information content (AvgIpc) is 2.55. The van der Waals surface area contributed by atoms with Gasteiger partial charge in [0.2, 0.25) is 0 Å². The molecule has 0 heterocycles. The molecule has 0 N–H and O–H groups in total. The number of amides is 1. The van der Waals surface area contributed by atoms with Crippen LogP contribution in [0, 0.1) is 13.8 Å². The first-order valence-electron chi connectivity index (χ1n) is 7.27. The minimum absolute atomic E-state index is 0.316. The van der Waals surface area contributed by atoms with E-state index < -0.39 is 6.09 Å². The van der Waals surface area contributed by atoms with Gasteiger partial charge in [0.05, 0.1) is 19.9 Å². The summed E-state index contributed by atoms with van der Waals surface area (Å²) >= 11 is 0. The lowest BCUT2D eigenvalue weighted by atomic mass is 10.1. The van der Waals surface area contributed by atoms with Gasteiger partial charge in [-0.1, -0.05) is 35.9 Å². The van der Waals surface area contributed by atoms with Gasteiger partial charge < -0.3 is 9.47 Å². The molecule has 0 bridgehead atoms. The molecule has 0 atom stereocenters. The zero-order valence-electron chi connectivity index (χ0n) is 13.8. The quantitative estimate of drug-likeness (QED) is 0.782. The van der Waals surface area contributed by atoms with Crippen LogP contribution in [0.3, 0.4) is 0 Å². The van der Waals surface area contributed by atoms with Crippen LogP contribution in [0.15, 0.2) is 42.5 Å². The molecule has 0 aliphatic carbocycles. The number of rotatable bonds is 5. The summed E-state index contributed by atoms with van der Waals surface area (Å²) in [5.41, 5.74) is 3.66. The van der Waals surface area contributed by atoms with Crippen LogP contribution in [0.5, 0.6) is 5.75 Å². The van der Waals surface area contributed by atoms with Crippen molar-refractivity contribution in [2.24, 2.45) is 0 Å². The van der Waals surface area contributed by atoms with Crippen LogP contribution >= 0.6 is 0 Å². The summed E-state index contributed by atoms with van der Waals surface area (Å²) in [4.78, 5) is 16.9. The number of anilines is 1. The van der Waals surface area contributed by atoms with E-state index in [0.29, 0.717) is 12.3 Å². The lowest BCUT2D eigenvalue weighted by molar-refractivity contribution is 0.115. The molecule has 0 aliphatic rings. The Hall–Kier alpha value is -2.53. The molecule has 0 fully saturated rings. The number of para-hydroxylation sites is 1. The van der Waals surface area contributed by atoms with E-state index in [1.54, 1.807) is 6.07 Å². The molecule has 2 aromatic carbocycles. The third kappa shape index (κ3) is 4.02. The van der Waals surface area contributed by atoms with Crippen molar-refractivity contribution < 1.29 is 19.1 Å². The summed E-state index contributed by atoms with van der Waals surface area (Å²) in [6.07, 6.45) is -0.591. The molecular formula is C18H21NO4. The Kier molecular flexibility index (Phi) is 5.60. The third-order valence-electron chi connectivity index (χ3n) is 3.45. The second-order valence-electron chi connectivity index (χ2n) is 5.13. The second-order valence-corrected chi connectivity index (χ2v) is 5.13. The predicted octanol–water partition coefficient (Wildman–Crippen LogP) is 4.02. The largest absolute Gasteiger partial charge is 0.489 e. The monoisotopic (exact) mass is 315 g/mol. The van der Waals surface area contributed by atoms with Crippen molar-refractivity contribution in [3.8, 4) is 5.75 Å². The number of carbonyl (C=O) groups excluding carboxylic acids is 1. The lowest BCUT2D eigenvalue weighted by Gasteiger charge is -2.21. The van der Waals surface area contributed by atoms with E-state index in [1.165, 1.54) is 19.8 Å². The molecule has 0 saturated heterocycles. The fourth-order valence-corrected chi connectivity index (χ4v) is 2.30. The molecule has 0 spiro atoms. The molecule has 1 amide bonds. The van der Waals surface area contributed by atoms with E-state index in [2.05, 4.69) is 6.07 Å². The highest BCUT2D eigenvalue weighted by molar-refractivity contribution is 5.86. The lowest BCUT2D eigenvalue weighted by Crippen LogP contribution is -2.30. The van der Waals surface area contributed by atoms with Crippen molar-refractivity contribution in [3.05, 3.63) is 59.2 Å². The molecular weight excluding hydrogens is 294 g/mol. The number of hydrogen-bond donors (Lipinski definition) is 0. The summed E-state index contributed by atoms with van der Waals surface area (Å²) in [5.74, 6) is 0.812. The zero-order chi connectivity index (χ0) is 16.8. The van der Waals surface area contributed by atoms with Crippen LogP contribution in [0.25, 0.3) is 0 Å². The van der Waals surface area contributed by atoms with Crippen LogP contribution in [0.2, 0.25) is 0 Å². The Morgan fingerprint density at radius 2 is 1.83 bits per heavy atom. The number of aryl methyl sites for hydroxylation is 2. The topological polar surface area (TPSA) is 48.0 Å². The molecule has 5 heteroatoms. The van der Waals surface area contributed by atoms with Gasteiger partial charge in [0.1, 0.15) is 12.4 Å². The van der Waals surface area contributed by atoms with Crippen molar-refractivity contribution in [1.29, 1.82) is 0 Å². The van der Waals surface area contributed by atoms with Crippen molar-refractivity contribution >= 4 is 11.8 Å². The van der Waals surface area contributed by atoms with Gasteiger partial charge in [-0.15, -0.1) is 0 Å². The van der Waals surface area contributed by atoms with E-state index in [9.17, 15) is 4.79 Å². The van der Waals surface area contributed by atoms with Crippen LogP contribution in [-0.4, -0.2) is 20.3 Å². The highest BCUT2D eigenvalue weighted by Gasteiger charge is 2.19. The van der Waals surface area contributed by atoms with Crippen LogP contribution in [-0.2, 0) is 16.2 Å². The number of carbonyl (C=O) groups is 1. The minimum Gasteiger partial charge on any atom is -0.489 e. The Morgan fingerprint density at radius 3 is 2.48 bits per heavy atom. The Balaban J connectivity index is 2.22. The first-order valence-corrected chi connectivity index (χ1v) is 7.27. The maximum atomic E-state index is 11.8. The fraction of sp³-hybridized carbons (Fsp3) is 0.278. The second kappa shape index (κ2) is 7.65. The molecule has 2 rings (SSSR count). The van der Waals surface area contributed by atoms with E-state index in [1.807, 2.05) is 44.2 Å². The normalized spacial score (nSPS) is 10.3. The summed E-state index contributed by atoms with van der Waals surface area (Å²) in [6, 6.07) is 13.4. The van der Waals surface area contributed by atoms with Crippen molar-refractivity contribution in [3.63, 3.8) is 0 Å². The third-order valence-corrected chi connectivity index (χ3v) is 3.45. The predicted molar refractivity (Wildman–Crippen MR) is 88.6 cm³/mol. The van der Waals surface area contributed by atoms with Gasteiger partial charge in [0.15, 0.2) is 0 Å². The molecule has 122 valence electrons. The summed E-state index contributed by atoms with van der Waals surface area (Å²) < 4.78 is 10.6. The van der Waals surface area contributed by atoms with Gasteiger partial charge in [-0.3, -0.25) is 4.84 Å². The number of methoxy groups -OCH3 is 1. The first-order chi connectivity index (χ1) is 11.1. The number of hydrogen-bond acceptors (Lipinski definition) is 4. The van der Waals surface area contributed by atoms with Gasteiger partial charge in [0.25, 0.3) is 0 Å². The molecule has 2 aromatic rings. The molecule has 23 heavy (non-hydrogen) atoms. The Morgan fingerprint density at radius 1 is 1.09 bits per heavy atom. The van der Waals surface area contributed by atoms with Gasteiger partial charge in [-0.2, -0.15) is 5.06 Å². The van der Waals surface area contributed by atoms with Crippen LogP contribution < -0.4 is 9.80 Å². The zero-order valence-corrected chi connectivity index (χ0v) is 13.8. The molecule has 0 unspecified atom stereocenters. The number of hydroxylamine groups is 1. The number of ether oxygens (including phenoxy) is 2. The molecule has 0 aliphatic heterocycles. The van der Waals surface area contributed by atoms with E-state index in [0.717, 1.165) is 21.9 Å². The van der Waals surface area contributed by atoms with Gasteiger partial charge in [0, 0.05) is 5.56 Å². The highest BCUT2D eigenvalue weighted by Crippen LogP contribution is 2.25. The summed E-state index contributed by atoms with van der Waals surface area (Å²) in [5, 5.41) is 1.10. The molecule has 5 nitrogen and oxygen atoms in total. The van der Waals surface area contributed by atoms with Crippen LogP contribution in [0.4, 0.5) is 10.5 Å². The average molecular weight is 315 g/mol. The molecule has 0 saturated carbocycles. The molecule has 0 radical (unpaired) electrons.